The Morgan fingerprint density at radius 2 is 1.09 bits per heavy atom. The van der Waals surface area contributed by atoms with Gasteiger partial charge >= 0.3 is 5.97 Å². The lowest BCUT2D eigenvalue weighted by atomic mass is 9.79. The first-order chi connectivity index (χ1) is 16.9. The van der Waals surface area contributed by atoms with E-state index in [2.05, 4.69) is 0 Å². The second-order valence-corrected chi connectivity index (χ2v) is 7.88. The first-order valence-corrected chi connectivity index (χ1v) is 11.0. The molecule has 0 aliphatic carbocycles. The summed E-state index contributed by atoms with van der Waals surface area (Å²) in [5.41, 5.74) is 1.61. The van der Waals surface area contributed by atoms with Gasteiger partial charge in [0, 0.05) is 20.0 Å². The van der Waals surface area contributed by atoms with E-state index in [0.717, 1.165) is 16.7 Å². The standard InChI is InChI=1S/C27H25NO7/c1-32-22-12-8-20(9-13-22)27(34-3,21-10-14-23(33-2)15-11-21)19-6-4-18(5-7-19)26(31)35-28-24(29)16-17-25(28)30/h4-15H,16-17H2,1-3H3. The first-order valence-electron chi connectivity index (χ1n) is 11.0. The number of carbonyl (C=O) groups excluding carboxylic acids is 3. The molecule has 3 aromatic carbocycles. The van der Waals surface area contributed by atoms with Crippen LogP contribution in [-0.2, 0) is 24.8 Å². The largest absolute Gasteiger partial charge is 0.497 e. The molecule has 1 heterocycles. The van der Waals surface area contributed by atoms with Gasteiger partial charge in [-0.15, -0.1) is 5.06 Å². The molecule has 0 saturated carbocycles. The van der Waals surface area contributed by atoms with Crippen molar-refractivity contribution in [1.29, 1.82) is 0 Å². The van der Waals surface area contributed by atoms with E-state index in [1.165, 1.54) is 0 Å². The van der Waals surface area contributed by atoms with Crippen molar-refractivity contribution in [3.63, 3.8) is 0 Å². The fourth-order valence-electron chi connectivity index (χ4n) is 4.14. The fourth-order valence-corrected chi connectivity index (χ4v) is 4.14. The van der Waals surface area contributed by atoms with Crippen molar-refractivity contribution in [1.82, 2.24) is 5.06 Å². The summed E-state index contributed by atoms with van der Waals surface area (Å²) in [7, 11) is 4.81. The smallest absolute Gasteiger partial charge is 0.363 e. The van der Waals surface area contributed by atoms with Gasteiger partial charge < -0.3 is 19.0 Å². The van der Waals surface area contributed by atoms with Crippen LogP contribution in [0.5, 0.6) is 11.5 Å². The molecular weight excluding hydrogens is 450 g/mol. The zero-order valence-corrected chi connectivity index (χ0v) is 19.6. The van der Waals surface area contributed by atoms with E-state index in [-0.39, 0.29) is 18.4 Å². The Balaban J connectivity index is 1.73. The lowest BCUT2D eigenvalue weighted by Crippen LogP contribution is -2.32. The normalized spacial score (nSPS) is 13.6. The number of hydrogen-bond acceptors (Lipinski definition) is 7. The van der Waals surface area contributed by atoms with Crippen LogP contribution in [0.1, 0.15) is 39.9 Å². The van der Waals surface area contributed by atoms with Crippen molar-refractivity contribution < 1.29 is 33.4 Å². The number of ether oxygens (including phenoxy) is 3. The molecule has 0 aromatic heterocycles. The van der Waals surface area contributed by atoms with Gasteiger partial charge in [-0.3, -0.25) is 9.59 Å². The molecule has 0 spiro atoms. The topological polar surface area (TPSA) is 91.4 Å². The first kappa shape index (κ1) is 24.0. The maximum Gasteiger partial charge on any atom is 0.363 e. The molecule has 1 saturated heterocycles. The fraction of sp³-hybridized carbons (Fsp3) is 0.222. The number of imide groups is 1. The van der Waals surface area contributed by atoms with Crippen LogP contribution in [0.25, 0.3) is 0 Å². The van der Waals surface area contributed by atoms with Crippen LogP contribution in [-0.4, -0.2) is 44.2 Å². The summed E-state index contributed by atoms with van der Waals surface area (Å²) in [4.78, 5) is 41.2. The average Bonchev–Trinajstić information content (AvgIpc) is 3.22. The summed E-state index contributed by atoms with van der Waals surface area (Å²) in [5.74, 6) is -0.443. The Kier molecular flexibility index (Phi) is 6.84. The Bertz CT molecular complexity index is 1150. The Morgan fingerprint density at radius 1 is 0.686 bits per heavy atom. The van der Waals surface area contributed by atoms with Gasteiger partial charge in [0.1, 0.15) is 17.1 Å². The summed E-state index contributed by atoms with van der Waals surface area (Å²) in [6.07, 6.45) is 0.0657. The van der Waals surface area contributed by atoms with Crippen molar-refractivity contribution >= 4 is 17.8 Å². The summed E-state index contributed by atoms with van der Waals surface area (Å²) in [6.45, 7) is 0. The zero-order valence-electron chi connectivity index (χ0n) is 19.6. The minimum Gasteiger partial charge on any atom is -0.497 e. The van der Waals surface area contributed by atoms with E-state index >= 15 is 0 Å². The van der Waals surface area contributed by atoms with Crippen molar-refractivity contribution in [3.8, 4) is 11.5 Å². The molecule has 0 N–H and O–H groups in total. The van der Waals surface area contributed by atoms with Gasteiger partial charge in [0.2, 0.25) is 0 Å². The quantitative estimate of drug-likeness (QED) is 0.361. The number of benzene rings is 3. The second-order valence-electron chi connectivity index (χ2n) is 7.88. The molecule has 0 bridgehead atoms. The summed E-state index contributed by atoms with van der Waals surface area (Å²) < 4.78 is 16.8. The zero-order chi connectivity index (χ0) is 25.0. The Morgan fingerprint density at radius 3 is 1.46 bits per heavy atom. The molecule has 8 heteroatoms. The second kappa shape index (κ2) is 9.99. The summed E-state index contributed by atoms with van der Waals surface area (Å²) in [6, 6.07) is 21.7. The molecular formula is C27H25NO7. The van der Waals surface area contributed by atoms with E-state index in [0.29, 0.717) is 16.6 Å². The number of carbonyl (C=O) groups is 3. The van der Waals surface area contributed by atoms with Gasteiger partial charge in [0.15, 0.2) is 0 Å². The van der Waals surface area contributed by atoms with Crippen molar-refractivity contribution in [3.05, 3.63) is 95.1 Å². The van der Waals surface area contributed by atoms with Crippen LogP contribution in [0, 0.1) is 0 Å². The highest BCUT2D eigenvalue weighted by molar-refractivity contribution is 6.02. The number of nitrogens with zero attached hydrogens (tertiary/aromatic N) is 1. The van der Waals surface area contributed by atoms with Gasteiger partial charge in [-0.2, -0.15) is 0 Å². The molecule has 180 valence electrons. The van der Waals surface area contributed by atoms with E-state index in [9.17, 15) is 14.4 Å². The third kappa shape index (κ3) is 4.48. The Hall–Kier alpha value is -4.17. The minimum atomic E-state index is -1.01. The number of methoxy groups -OCH3 is 3. The predicted octanol–water partition coefficient (Wildman–Crippen LogP) is 3.86. The molecule has 4 rings (SSSR count). The van der Waals surface area contributed by atoms with Crippen LogP contribution < -0.4 is 9.47 Å². The number of hydrogen-bond donors (Lipinski definition) is 0. The third-order valence-electron chi connectivity index (χ3n) is 6.01. The number of hydroxylamine groups is 2. The molecule has 0 unspecified atom stereocenters. The van der Waals surface area contributed by atoms with Gasteiger partial charge in [0.05, 0.1) is 19.8 Å². The highest BCUT2D eigenvalue weighted by Gasteiger charge is 2.37. The predicted molar refractivity (Wildman–Crippen MR) is 126 cm³/mol. The monoisotopic (exact) mass is 475 g/mol. The average molecular weight is 475 g/mol. The van der Waals surface area contributed by atoms with Crippen LogP contribution in [0.3, 0.4) is 0 Å². The summed E-state index contributed by atoms with van der Waals surface area (Å²) in [5, 5.41) is 0.532. The van der Waals surface area contributed by atoms with Crippen molar-refractivity contribution in [2.45, 2.75) is 18.4 Å². The highest BCUT2D eigenvalue weighted by Crippen LogP contribution is 2.41. The van der Waals surface area contributed by atoms with Gasteiger partial charge in [0.25, 0.3) is 11.8 Å². The number of amides is 2. The summed E-state index contributed by atoms with van der Waals surface area (Å²) >= 11 is 0. The van der Waals surface area contributed by atoms with Crippen LogP contribution in [0.15, 0.2) is 72.8 Å². The molecule has 8 nitrogen and oxygen atoms in total. The molecule has 35 heavy (non-hydrogen) atoms. The number of rotatable bonds is 8. The van der Waals surface area contributed by atoms with Crippen molar-refractivity contribution in [2.75, 3.05) is 21.3 Å². The maximum absolute atomic E-state index is 12.6. The van der Waals surface area contributed by atoms with Gasteiger partial charge in [-0.1, -0.05) is 36.4 Å². The third-order valence-corrected chi connectivity index (χ3v) is 6.01. The van der Waals surface area contributed by atoms with Gasteiger partial charge in [-0.25, -0.2) is 4.79 Å². The lowest BCUT2D eigenvalue weighted by Gasteiger charge is -2.34. The minimum absolute atomic E-state index is 0.0329. The highest BCUT2D eigenvalue weighted by atomic mass is 16.7. The molecule has 1 aliphatic rings. The lowest BCUT2D eigenvalue weighted by molar-refractivity contribution is -0.172. The van der Waals surface area contributed by atoms with E-state index in [1.807, 2.05) is 48.5 Å². The van der Waals surface area contributed by atoms with E-state index < -0.39 is 23.4 Å². The molecule has 0 radical (unpaired) electrons. The maximum atomic E-state index is 12.6. The van der Waals surface area contributed by atoms with Crippen LogP contribution >= 0.6 is 0 Å². The molecule has 1 aliphatic heterocycles. The van der Waals surface area contributed by atoms with E-state index in [4.69, 9.17) is 19.0 Å². The molecule has 0 atom stereocenters. The van der Waals surface area contributed by atoms with E-state index in [1.54, 1.807) is 45.6 Å². The molecule has 1 fully saturated rings. The van der Waals surface area contributed by atoms with Crippen LogP contribution in [0.4, 0.5) is 0 Å². The van der Waals surface area contributed by atoms with Crippen molar-refractivity contribution in [2.24, 2.45) is 0 Å². The molecule has 3 aromatic rings. The SMILES string of the molecule is COc1ccc(C(OC)(c2ccc(OC)cc2)c2ccc(C(=O)ON3C(=O)CCC3=O)cc2)cc1. The molecule has 2 amide bonds. The Labute approximate surface area is 202 Å². The van der Waals surface area contributed by atoms with Gasteiger partial charge in [-0.05, 0) is 53.1 Å². The van der Waals surface area contributed by atoms with Crippen LogP contribution in [0.2, 0.25) is 0 Å².